The molecule has 70 valence electrons. The van der Waals surface area contributed by atoms with Crippen molar-refractivity contribution in [2.24, 2.45) is 7.05 Å². The summed E-state index contributed by atoms with van der Waals surface area (Å²) >= 11 is 0. The Morgan fingerprint density at radius 3 is 2.43 bits per heavy atom. The Labute approximate surface area is 82.4 Å². The van der Waals surface area contributed by atoms with Gasteiger partial charge in [0, 0.05) is 12.1 Å². The van der Waals surface area contributed by atoms with Gasteiger partial charge in [-0.05, 0) is 18.2 Å². The van der Waals surface area contributed by atoms with E-state index in [0.29, 0.717) is 5.56 Å². The summed E-state index contributed by atoms with van der Waals surface area (Å²) in [5, 5.41) is 0. The number of benzene rings is 1. The molecule has 0 N–H and O–H groups in total. The van der Waals surface area contributed by atoms with E-state index in [4.69, 9.17) is 0 Å². The van der Waals surface area contributed by atoms with Crippen LogP contribution in [0.15, 0.2) is 48.7 Å². The second-order valence-corrected chi connectivity index (χ2v) is 3.18. The van der Waals surface area contributed by atoms with Crippen molar-refractivity contribution in [3.8, 4) is 11.3 Å². The first-order valence-corrected chi connectivity index (χ1v) is 4.48. The quantitative estimate of drug-likeness (QED) is 0.605. The number of pyridine rings is 1. The van der Waals surface area contributed by atoms with Crippen LogP contribution in [0.5, 0.6) is 0 Å². The molecule has 0 radical (unpaired) electrons. The molecule has 1 heterocycles. The first-order chi connectivity index (χ1) is 6.79. The van der Waals surface area contributed by atoms with E-state index in [1.807, 2.05) is 42.1 Å². The van der Waals surface area contributed by atoms with Gasteiger partial charge in [-0.15, -0.1) is 0 Å². The van der Waals surface area contributed by atoms with E-state index in [2.05, 4.69) is 0 Å². The molecule has 2 aromatic rings. The second kappa shape index (κ2) is 3.58. The Kier molecular flexibility index (Phi) is 2.27. The molecule has 1 aromatic carbocycles. The standard InChI is InChI=1S/C12H11FN/c1-14-9-5-4-8-12(14)10-6-2-3-7-11(10)13/h2-9H,1H3/q+1. The number of hydrogen-bond donors (Lipinski definition) is 0. The topological polar surface area (TPSA) is 3.88 Å². The zero-order valence-electron chi connectivity index (χ0n) is 7.94. The number of halogens is 1. The summed E-state index contributed by atoms with van der Waals surface area (Å²) in [6, 6.07) is 12.5. The van der Waals surface area contributed by atoms with Crippen LogP contribution in [0.25, 0.3) is 11.3 Å². The van der Waals surface area contributed by atoms with E-state index in [-0.39, 0.29) is 5.82 Å². The zero-order chi connectivity index (χ0) is 9.97. The Bertz CT molecular complexity index is 408. The molecule has 0 unspecified atom stereocenters. The molecule has 0 aliphatic rings. The molecule has 1 nitrogen and oxygen atoms in total. The third-order valence-electron chi connectivity index (χ3n) is 2.20. The van der Waals surface area contributed by atoms with E-state index < -0.39 is 0 Å². The van der Waals surface area contributed by atoms with Crippen molar-refractivity contribution in [3.05, 3.63) is 54.5 Å². The van der Waals surface area contributed by atoms with Crippen molar-refractivity contribution >= 4 is 0 Å². The summed E-state index contributed by atoms with van der Waals surface area (Å²) in [6.07, 6.45) is 1.90. The Balaban J connectivity index is 2.61. The van der Waals surface area contributed by atoms with Gasteiger partial charge in [-0.2, -0.15) is 0 Å². The molecular formula is C12H11FN+. The predicted octanol–water partition coefficient (Wildman–Crippen LogP) is 2.32. The maximum absolute atomic E-state index is 13.4. The molecule has 2 rings (SSSR count). The average molecular weight is 188 g/mol. The monoisotopic (exact) mass is 188 g/mol. The highest BCUT2D eigenvalue weighted by atomic mass is 19.1. The summed E-state index contributed by atoms with van der Waals surface area (Å²) in [6.45, 7) is 0. The van der Waals surface area contributed by atoms with Crippen LogP contribution >= 0.6 is 0 Å². The van der Waals surface area contributed by atoms with E-state index in [0.717, 1.165) is 5.69 Å². The first-order valence-electron chi connectivity index (χ1n) is 4.48. The Hall–Kier alpha value is -1.70. The summed E-state index contributed by atoms with van der Waals surface area (Å²) in [5.41, 5.74) is 1.52. The fourth-order valence-corrected chi connectivity index (χ4v) is 1.47. The number of aryl methyl sites for hydroxylation is 1. The molecule has 0 amide bonds. The minimum Gasteiger partial charge on any atom is -0.206 e. The highest BCUT2D eigenvalue weighted by molar-refractivity contribution is 5.56. The lowest BCUT2D eigenvalue weighted by Gasteiger charge is -2.00. The highest BCUT2D eigenvalue weighted by Gasteiger charge is 2.11. The summed E-state index contributed by atoms with van der Waals surface area (Å²) in [4.78, 5) is 0. The van der Waals surface area contributed by atoms with Gasteiger partial charge in [-0.25, -0.2) is 8.96 Å². The maximum atomic E-state index is 13.4. The number of nitrogens with zero attached hydrogens (tertiary/aromatic N) is 1. The van der Waals surface area contributed by atoms with Crippen molar-refractivity contribution in [2.75, 3.05) is 0 Å². The van der Waals surface area contributed by atoms with E-state index in [9.17, 15) is 4.39 Å². The highest BCUT2D eigenvalue weighted by Crippen LogP contribution is 2.17. The fraction of sp³-hybridized carbons (Fsp3) is 0.0833. The van der Waals surface area contributed by atoms with Crippen molar-refractivity contribution < 1.29 is 8.96 Å². The van der Waals surface area contributed by atoms with E-state index in [1.54, 1.807) is 12.1 Å². The molecule has 0 saturated carbocycles. The van der Waals surface area contributed by atoms with Crippen LogP contribution in [-0.2, 0) is 7.05 Å². The van der Waals surface area contributed by atoms with Crippen LogP contribution < -0.4 is 4.57 Å². The molecule has 0 fully saturated rings. The van der Waals surface area contributed by atoms with E-state index in [1.165, 1.54) is 6.07 Å². The Morgan fingerprint density at radius 1 is 1.00 bits per heavy atom. The molecule has 0 spiro atoms. The van der Waals surface area contributed by atoms with Crippen molar-refractivity contribution in [1.82, 2.24) is 0 Å². The smallest absolute Gasteiger partial charge is 0.206 e. The minimum atomic E-state index is -0.186. The molecule has 0 atom stereocenters. The van der Waals surface area contributed by atoms with Crippen molar-refractivity contribution in [2.45, 2.75) is 0 Å². The van der Waals surface area contributed by atoms with Crippen molar-refractivity contribution in [3.63, 3.8) is 0 Å². The molecule has 1 aromatic heterocycles. The number of aromatic nitrogens is 1. The first kappa shape index (κ1) is 8.88. The van der Waals surface area contributed by atoms with Gasteiger partial charge in [0.1, 0.15) is 12.9 Å². The summed E-state index contributed by atoms with van der Waals surface area (Å²) in [7, 11) is 1.90. The van der Waals surface area contributed by atoms with Crippen molar-refractivity contribution in [1.29, 1.82) is 0 Å². The molecular weight excluding hydrogens is 177 g/mol. The van der Waals surface area contributed by atoms with Gasteiger partial charge in [0.25, 0.3) is 0 Å². The summed E-state index contributed by atoms with van der Waals surface area (Å²) in [5.74, 6) is -0.186. The van der Waals surface area contributed by atoms with Crippen LogP contribution in [0.4, 0.5) is 4.39 Å². The van der Waals surface area contributed by atoms with Gasteiger partial charge in [0.15, 0.2) is 6.20 Å². The third-order valence-corrected chi connectivity index (χ3v) is 2.20. The lowest BCUT2D eigenvalue weighted by atomic mass is 10.1. The van der Waals surface area contributed by atoms with Crippen LogP contribution in [0.3, 0.4) is 0 Å². The summed E-state index contributed by atoms with van der Waals surface area (Å²) < 4.78 is 15.3. The molecule has 0 aliphatic heterocycles. The zero-order valence-corrected chi connectivity index (χ0v) is 7.94. The fourth-order valence-electron chi connectivity index (χ4n) is 1.47. The van der Waals surface area contributed by atoms with Crippen LogP contribution in [0, 0.1) is 5.82 Å². The number of rotatable bonds is 1. The van der Waals surface area contributed by atoms with Gasteiger partial charge in [0.2, 0.25) is 5.69 Å². The lowest BCUT2D eigenvalue weighted by molar-refractivity contribution is -0.660. The molecule has 14 heavy (non-hydrogen) atoms. The number of hydrogen-bond acceptors (Lipinski definition) is 0. The Morgan fingerprint density at radius 2 is 1.71 bits per heavy atom. The molecule has 0 saturated heterocycles. The normalized spacial score (nSPS) is 10.1. The SMILES string of the molecule is C[n+]1ccccc1-c1ccccc1F. The van der Waals surface area contributed by atoms with Crippen LogP contribution in [0.1, 0.15) is 0 Å². The van der Waals surface area contributed by atoms with Gasteiger partial charge in [0.05, 0.1) is 5.56 Å². The van der Waals surface area contributed by atoms with Gasteiger partial charge in [-0.3, -0.25) is 0 Å². The second-order valence-electron chi connectivity index (χ2n) is 3.18. The molecule has 0 bridgehead atoms. The predicted molar refractivity (Wildman–Crippen MR) is 53.0 cm³/mol. The molecule has 2 heteroatoms. The van der Waals surface area contributed by atoms with Gasteiger partial charge >= 0.3 is 0 Å². The van der Waals surface area contributed by atoms with Gasteiger partial charge < -0.3 is 0 Å². The van der Waals surface area contributed by atoms with E-state index >= 15 is 0 Å². The van der Waals surface area contributed by atoms with Gasteiger partial charge in [-0.1, -0.05) is 12.1 Å². The van der Waals surface area contributed by atoms with Crippen LogP contribution in [-0.4, -0.2) is 0 Å². The third kappa shape index (κ3) is 1.51. The van der Waals surface area contributed by atoms with Crippen LogP contribution in [0.2, 0.25) is 0 Å². The minimum absolute atomic E-state index is 0.186. The lowest BCUT2D eigenvalue weighted by Crippen LogP contribution is -2.30. The maximum Gasteiger partial charge on any atom is 0.215 e. The average Bonchev–Trinajstić information content (AvgIpc) is 2.20. The molecule has 0 aliphatic carbocycles. The largest absolute Gasteiger partial charge is 0.215 e.